The van der Waals surface area contributed by atoms with Gasteiger partial charge in [-0.05, 0) is 58.1 Å². The van der Waals surface area contributed by atoms with Gasteiger partial charge in [-0.25, -0.2) is 0 Å². The average Bonchev–Trinajstić information content (AvgIpc) is 3.33. The predicted molar refractivity (Wildman–Crippen MR) is 129 cm³/mol. The standard InChI is InChI=1S/C27H21NOS/c1-27(2,3)22-14-18(12-16-6-4-5-7-19(16)22)25-26-20(8-10-28-25)21-13-17-9-11-29-23(17)15-24(21)30-26/h4-15H,1-3H3. The van der Waals surface area contributed by atoms with Gasteiger partial charge in [-0.3, -0.25) is 4.98 Å². The van der Waals surface area contributed by atoms with Crippen LogP contribution in [0, 0.1) is 0 Å². The van der Waals surface area contributed by atoms with Crippen LogP contribution >= 0.6 is 11.3 Å². The first-order chi connectivity index (χ1) is 14.5. The first-order valence-corrected chi connectivity index (χ1v) is 11.0. The van der Waals surface area contributed by atoms with Crippen molar-refractivity contribution in [3.05, 3.63) is 78.7 Å². The second-order valence-corrected chi connectivity index (χ2v) is 9.99. The Morgan fingerprint density at radius 3 is 2.57 bits per heavy atom. The van der Waals surface area contributed by atoms with E-state index in [4.69, 9.17) is 9.40 Å². The molecule has 0 aliphatic carbocycles. The molecule has 0 fully saturated rings. The highest BCUT2D eigenvalue weighted by Gasteiger charge is 2.20. The van der Waals surface area contributed by atoms with Gasteiger partial charge < -0.3 is 4.42 Å². The van der Waals surface area contributed by atoms with Gasteiger partial charge in [-0.15, -0.1) is 11.3 Å². The molecule has 0 saturated carbocycles. The quantitative estimate of drug-likeness (QED) is 0.274. The SMILES string of the molecule is CC(C)(C)c1cc(-c2nccc3c2sc2cc4occc4cc23)cc2ccccc12. The molecule has 0 spiro atoms. The van der Waals surface area contributed by atoms with Gasteiger partial charge in [-0.2, -0.15) is 0 Å². The zero-order chi connectivity index (χ0) is 20.5. The van der Waals surface area contributed by atoms with Crippen LogP contribution < -0.4 is 0 Å². The molecule has 0 atom stereocenters. The molecule has 6 rings (SSSR count). The van der Waals surface area contributed by atoms with E-state index < -0.39 is 0 Å². The lowest BCUT2D eigenvalue weighted by atomic mass is 9.82. The van der Waals surface area contributed by atoms with Crippen molar-refractivity contribution >= 4 is 53.3 Å². The number of fused-ring (bicyclic) bond motifs is 5. The van der Waals surface area contributed by atoms with Gasteiger partial charge >= 0.3 is 0 Å². The molecule has 3 heterocycles. The molecular weight excluding hydrogens is 386 g/mol. The van der Waals surface area contributed by atoms with Gasteiger partial charge in [0.15, 0.2) is 0 Å². The zero-order valence-corrected chi connectivity index (χ0v) is 18.0. The summed E-state index contributed by atoms with van der Waals surface area (Å²) in [5.41, 5.74) is 4.58. The van der Waals surface area contributed by atoms with Crippen molar-refractivity contribution in [3.63, 3.8) is 0 Å². The number of benzene rings is 3. The van der Waals surface area contributed by atoms with Crippen molar-refractivity contribution in [2.24, 2.45) is 0 Å². The molecule has 146 valence electrons. The summed E-state index contributed by atoms with van der Waals surface area (Å²) < 4.78 is 8.10. The van der Waals surface area contributed by atoms with Crippen molar-refractivity contribution in [1.82, 2.24) is 4.98 Å². The number of hydrogen-bond acceptors (Lipinski definition) is 3. The highest BCUT2D eigenvalue weighted by atomic mass is 32.1. The summed E-state index contributed by atoms with van der Waals surface area (Å²) in [6, 6.07) is 21.8. The third kappa shape index (κ3) is 2.59. The monoisotopic (exact) mass is 407 g/mol. The third-order valence-corrected chi connectivity index (χ3v) is 7.08. The summed E-state index contributed by atoms with van der Waals surface area (Å²) in [5, 5.41) is 6.24. The van der Waals surface area contributed by atoms with Crippen molar-refractivity contribution in [1.29, 1.82) is 0 Å². The second kappa shape index (κ2) is 6.16. The van der Waals surface area contributed by atoms with Crippen LogP contribution in [-0.2, 0) is 5.41 Å². The topological polar surface area (TPSA) is 26.0 Å². The molecule has 0 aliphatic rings. The molecule has 0 radical (unpaired) electrons. The number of aromatic nitrogens is 1. The van der Waals surface area contributed by atoms with Gasteiger partial charge in [-0.1, -0.05) is 45.0 Å². The lowest BCUT2D eigenvalue weighted by molar-refractivity contribution is 0.596. The first kappa shape index (κ1) is 17.7. The van der Waals surface area contributed by atoms with Gasteiger partial charge in [0, 0.05) is 32.6 Å². The minimum absolute atomic E-state index is 0.0498. The Labute approximate surface area is 178 Å². The van der Waals surface area contributed by atoms with Crippen LogP contribution in [0.25, 0.3) is 53.2 Å². The van der Waals surface area contributed by atoms with Crippen LogP contribution in [0.2, 0.25) is 0 Å². The van der Waals surface area contributed by atoms with Crippen LogP contribution in [0.4, 0.5) is 0 Å². The fraction of sp³-hybridized carbons (Fsp3) is 0.148. The normalized spacial score (nSPS) is 12.5. The molecule has 2 nitrogen and oxygen atoms in total. The van der Waals surface area contributed by atoms with E-state index in [1.807, 2.05) is 12.3 Å². The van der Waals surface area contributed by atoms with Crippen LogP contribution in [0.15, 0.2) is 77.5 Å². The third-order valence-electron chi connectivity index (χ3n) is 5.90. The molecule has 0 aliphatic heterocycles. The number of furan rings is 1. The minimum atomic E-state index is 0.0498. The summed E-state index contributed by atoms with van der Waals surface area (Å²) >= 11 is 1.80. The zero-order valence-electron chi connectivity index (χ0n) is 17.2. The number of pyridine rings is 1. The molecule has 3 heteroatoms. The fourth-order valence-electron chi connectivity index (χ4n) is 4.43. The Morgan fingerprint density at radius 2 is 1.70 bits per heavy atom. The lowest BCUT2D eigenvalue weighted by Gasteiger charge is -2.22. The molecule has 0 saturated heterocycles. The Kier molecular flexibility index (Phi) is 3.63. The van der Waals surface area contributed by atoms with Gasteiger partial charge in [0.05, 0.1) is 16.7 Å². The van der Waals surface area contributed by atoms with E-state index in [1.54, 1.807) is 17.6 Å². The second-order valence-electron chi connectivity index (χ2n) is 8.94. The largest absolute Gasteiger partial charge is 0.464 e. The average molecular weight is 408 g/mol. The predicted octanol–water partition coefficient (Wildman–Crippen LogP) is 8.31. The smallest absolute Gasteiger partial charge is 0.135 e. The van der Waals surface area contributed by atoms with Crippen LogP contribution in [-0.4, -0.2) is 4.98 Å². The van der Waals surface area contributed by atoms with Gasteiger partial charge in [0.2, 0.25) is 0 Å². The Hall–Kier alpha value is -3.17. The fourth-order valence-corrected chi connectivity index (χ4v) is 5.65. The molecule has 0 unspecified atom stereocenters. The van der Waals surface area contributed by atoms with Crippen molar-refractivity contribution in [2.75, 3.05) is 0 Å². The number of nitrogens with zero attached hydrogens (tertiary/aromatic N) is 1. The van der Waals surface area contributed by atoms with E-state index in [2.05, 4.69) is 75.4 Å². The number of rotatable bonds is 1. The van der Waals surface area contributed by atoms with E-state index in [0.29, 0.717) is 0 Å². The molecule has 0 amide bonds. The Bertz CT molecular complexity index is 1580. The van der Waals surface area contributed by atoms with Crippen molar-refractivity contribution < 1.29 is 4.42 Å². The van der Waals surface area contributed by atoms with Crippen molar-refractivity contribution in [2.45, 2.75) is 26.2 Å². The maximum Gasteiger partial charge on any atom is 0.135 e. The molecule has 0 N–H and O–H groups in total. The maximum atomic E-state index is 5.63. The van der Waals surface area contributed by atoms with E-state index in [1.165, 1.54) is 42.1 Å². The summed E-state index contributed by atoms with van der Waals surface area (Å²) in [7, 11) is 0. The number of hydrogen-bond donors (Lipinski definition) is 0. The summed E-state index contributed by atoms with van der Waals surface area (Å²) in [6.45, 7) is 6.84. The molecule has 30 heavy (non-hydrogen) atoms. The minimum Gasteiger partial charge on any atom is -0.464 e. The molecule has 3 aromatic heterocycles. The lowest BCUT2D eigenvalue weighted by Crippen LogP contribution is -2.12. The van der Waals surface area contributed by atoms with E-state index >= 15 is 0 Å². The van der Waals surface area contributed by atoms with E-state index in [9.17, 15) is 0 Å². The summed E-state index contributed by atoms with van der Waals surface area (Å²) in [4.78, 5) is 4.85. The molecule has 6 aromatic rings. The highest BCUT2D eigenvalue weighted by molar-refractivity contribution is 7.26. The van der Waals surface area contributed by atoms with Crippen LogP contribution in [0.5, 0.6) is 0 Å². The Balaban J connectivity index is 1.68. The summed E-state index contributed by atoms with van der Waals surface area (Å²) in [5.74, 6) is 0. The summed E-state index contributed by atoms with van der Waals surface area (Å²) in [6.07, 6.45) is 3.70. The van der Waals surface area contributed by atoms with E-state index in [-0.39, 0.29) is 5.41 Å². The van der Waals surface area contributed by atoms with Gasteiger partial charge in [0.1, 0.15) is 5.58 Å². The van der Waals surface area contributed by atoms with Gasteiger partial charge in [0.25, 0.3) is 0 Å². The molecule has 3 aromatic carbocycles. The highest BCUT2D eigenvalue weighted by Crippen LogP contribution is 2.42. The number of thiophene rings is 1. The Morgan fingerprint density at radius 1 is 0.833 bits per heavy atom. The molecule has 0 bridgehead atoms. The first-order valence-electron chi connectivity index (χ1n) is 10.2. The maximum absolute atomic E-state index is 5.63. The van der Waals surface area contributed by atoms with Crippen LogP contribution in [0.1, 0.15) is 26.3 Å². The molecular formula is C27H21NOS. The van der Waals surface area contributed by atoms with E-state index in [0.717, 1.165) is 16.7 Å². The van der Waals surface area contributed by atoms with Crippen molar-refractivity contribution in [3.8, 4) is 11.3 Å². The van der Waals surface area contributed by atoms with Crippen LogP contribution in [0.3, 0.4) is 0 Å².